The second kappa shape index (κ2) is 9.23. The molecule has 0 aliphatic rings. The number of carbonyl (C=O) groups excluding carboxylic acids is 2. The molecule has 0 radical (unpaired) electrons. The van der Waals surface area contributed by atoms with Crippen molar-refractivity contribution in [3.63, 3.8) is 0 Å². The molecule has 3 aromatic carbocycles. The van der Waals surface area contributed by atoms with Gasteiger partial charge in [0.05, 0.1) is 12.5 Å². The lowest BCUT2D eigenvalue weighted by atomic mass is 10.0. The lowest BCUT2D eigenvalue weighted by molar-refractivity contribution is -0.116. The Labute approximate surface area is 163 Å². The van der Waals surface area contributed by atoms with Gasteiger partial charge in [0.2, 0.25) is 5.91 Å². The maximum absolute atomic E-state index is 12.4. The summed E-state index contributed by atoms with van der Waals surface area (Å²) in [5, 5.41) is 5.43. The Bertz CT molecular complexity index is 930. The zero-order valence-electron chi connectivity index (χ0n) is 15.2. The normalized spacial score (nSPS) is 11.3. The summed E-state index contributed by atoms with van der Waals surface area (Å²) in [6.45, 7) is 0. The van der Waals surface area contributed by atoms with E-state index in [1.54, 1.807) is 24.3 Å². The number of ether oxygens (including phenoxy) is 1. The first-order valence-corrected chi connectivity index (χ1v) is 8.84. The highest BCUT2D eigenvalue weighted by Gasteiger charge is 2.18. The molecule has 4 N–H and O–H groups in total. The molecule has 28 heavy (non-hydrogen) atoms. The van der Waals surface area contributed by atoms with Crippen molar-refractivity contribution >= 4 is 17.6 Å². The molecule has 0 aromatic heterocycles. The monoisotopic (exact) mass is 375 g/mol. The van der Waals surface area contributed by atoms with Crippen LogP contribution in [0.15, 0.2) is 84.9 Å². The van der Waals surface area contributed by atoms with E-state index in [0.717, 1.165) is 5.56 Å². The molecule has 0 spiro atoms. The van der Waals surface area contributed by atoms with Crippen LogP contribution in [0.5, 0.6) is 11.5 Å². The first-order chi connectivity index (χ1) is 13.6. The van der Waals surface area contributed by atoms with E-state index in [1.165, 1.54) is 0 Å². The number of rotatable bonds is 7. The van der Waals surface area contributed by atoms with Crippen LogP contribution in [-0.2, 0) is 4.79 Å². The van der Waals surface area contributed by atoms with Crippen LogP contribution in [0.4, 0.5) is 10.5 Å². The molecule has 3 aromatic rings. The van der Waals surface area contributed by atoms with Crippen molar-refractivity contribution < 1.29 is 14.3 Å². The molecule has 6 heteroatoms. The molecule has 0 saturated heterocycles. The van der Waals surface area contributed by atoms with Gasteiger partial charge in [-0.2, -0.15) is 0 Å². The fourth-order valence-corrected chi connectivity index (χ4v) is 2.76. The van der Waals surface area contributed by atoms with Gasteiger partial charge in [-0.25, -0.2) is 4.79 Å². The summed E-state index contributed by atoms with van der Waals surface area (Å²) in [6, 6.07) is 24.4. The van der Waals surface area contributed by atoms with E-state index in [-0.39, 0.29) is 12.3 Å². The summed E-state index contributed by atoms with van der Waals surface area (Å²) in [5.74, 6) is 1.06. The number of para-hydroxylation sites is 2. The van der Waals surface area contributed by atoms with Gasteiger partial charge >= 0.3 is 6.03 Å². The number of hydrogen-bond acceptors (Lipinski definition) is 3. The third kappa shape index (κ3) is 5.60. The number of primary amides is 1. The fourth-order valence-electron chi connectivity index (χ4n) is 2.76. The molecule has 3 rings (SSSR count). The molecule has 0 unspecified atom stereocenters. The van der Waals surface area contributed by atoms with Crippen molar-refractivity contribution in [3.8, 4) is 11.5 Å². The van der Waals surface area contributed by atoms with Crippen molar-refractivity contribution in [2.24, 2.45) is 5.73 Å². The predicted molar refractivity (Wildman–Crippen MR) is 108 cm³/mol. The maximum atomic E-state index is 12.4. The zero-order chi connectivity index (χ0) is 19.8. The first-order valence-electron chi connectivity index (χ1n) is 8.84. The molecule has 6 nitrogen and oxygen atoms in total. The summed E-state index contributed by atoms with van der Waals surface area (Å²) < 4.78 is 5.83. The van der Waals surface area contributed by atoms with E-state index in [0.29, 0.717) is 17.2 Å². The summed E-state index contributed by atoms with van der Waals surface area (Å²) in [5.41, 5.74) is 6.71. The lowest BCUT2D eigenvalue weighted by Gasteiger charge is -2.18. The Morgan fingerprint density at radius 3 is 2.18 bits per heavy atom. The van der Waals surface area contributed by atoms with E-state index >= 15 is 0 Å². The molecular formula is C22H21N3O3. The Morgan fingerprint density at radius 1 is 0.857 bits per heavy atom. The molecule has 1 atom stereocenters. The van der Waals surface area contributed by atoms with Gasteiger partial charge in [-0.1, -0.05) is 48.5 Å². The van der Waals surface area contributed by atoms with Crippen LogP contribution in [0, 0.1) is 0 Å². The van der Waals surface area contributed by atoms with Crippen molar-refractivity contribution in [1.82, 2.24) is 5.32 Å². The van der Waals surface area contributed by atoms with Crippen LogP contribution >= 0.6 is 0 Å². The van der Waals surface area contributed by atoms with E-state index < -0.39 is 12.1 Å². The van der Waals surface area contributed by atoms with Gasteiger partial charge in [-0.15, -0.1) is 0 Å². The topological polar surface area (TPSA) is 93.5 Å². The summed E-state index contributed by atoms with van der Waals surface area (Å²) in [6.07, 6.45) is 0.0343. The average molecular weight is 375 g/mol. The Kier molecular flexibility index (Phi) is 6.25. The number of nitrogens with one attached hydrogen (secondary N) is 2. The van der Waals surface area contributed by atoms with Crippen LogP contribution in [0.1, 0.15) is 18.0 Å². The Hall–Kier alpha value is -3.80. The standard InChI is InChI=1S/C22H21N3O3/c23-22(27)25-20(15-21(26)24-17-9-3-1-4-10-17)16-8-7-13-19(14-16)28-18-11-5-2-6-12-18/h1-14,20H,15H2,(H,24,26)(H3,23,25,27)/t20-/m1/s1. The number of anilines is 1. The van der Waals surface area contributed by atoms with E-state index in [2.05, 4.69) is 10.6 Å². The second-order valence-corrected chi connectivity index (χ2v) is 6.17. The van der Waals surface area contributed by atoms with Crippen LogP contribution < -0.4 is 21.1 Å². The van der Waals surface area contributed by atoms with Crippen LogP contribution in [-0.4, -0.2) is 11.9 Å². The highest BCUT2D eigenvalue weighted by atomic mass is 16.5. The molecule has 142 valence electrons. The van der Waals surface area contributed by atoms with Crippen LogP contribution in [0.2, 0.25) is 0 Å². The van der Waals surface area contributed by atoms with Crippen molar-refractivity contribution in [2.75, 3.05) is 5.32 Å². The fraction of sp³-hybridized carbons (Fsp3) is 0.0909. The van der Waals surface area contributed by atoms with E-state index in [9.17, 15) is 9.59 Å². The number of carbonyl (C=O) groups is 2. The summed E-state index contributed by atoms with van der Waals surface area (Å²) in [7, 11) is 0. The third-order valence-electron chi connectivity index (χ3n) is 4.00. The number of amides is 3. The second-order valence-electron chi connectivity index (χ2n) is 6.17. The smallest absolute Gasteiger partial charge is 0.312 e. The van der Waals surface area contributed by atoms with Gasteiger partial charge in [-0.3, -0.25) is 4.79 Å². The number of nitrogens with two attached hydrogens (primary N) is 1. The van der Waals surface area contributed by atoms with Crippen molar-refractivity contribution in [3.05, 3.63) is 90.5 Å². The molecule has 0 aliphatic heterocycles. The van der Waals surface area contributed by atoms with Crippen molar-refractivity contribution in [2.45, 2.75) is 12.5 Å². The van der Waals surface area contributed by atoms with E-state index in [4.69, 9.17) is 10.5 Å². The largest absolute Gasteiger partial charge is 0.457 e. The van der Waals surface area contributed by atoms with Crippen molar-refractivity contribution in [1.29, 1.82) is 0 Å². The Morgan fingerprint density at radius 2 is 1.50 bits per heavy atom. The van der Waals surface area contributed by atoms with Gasteiger partial charge in [0.25, 0.3) is 0 Å². The first kappa shape index (κ1) is 19.0. The number of hydrogen-bond donors (Lipinski definition) is 3. The summed E-state index contributed by atoms with van der Waals surface area (Å²) in [4.78, 5) is 23.9. The quantitative estimate of drug-likeness (QED) is 0.577. The minimum absolute atomic E-state index is 0.0343. The molecule has 3 amide bonds. The minimum atomic E-state index is -0.702. The Balaban J connectivity index is 1.74. The summed E-state index contributed by atoms with van der Waals surface area (Å²) >= 11 is 0. The van der Waals surface area contributed by atoms with Gasteiger partial charge < -0.3 is 21.1 Å². The number of benzene rings is 3. The van der Waals surface area contributed by atoms with Gasteiger partial charge in [-0.05, 0) is 42.0 Å². The predicted octanol–water partition coefficient (Wildman–Crippen LogP) is 4.22. The zero-order valence-corrected chi connectivity index (χ0v) is 15.2. The average Bonchev–Trinajstić information content (AvgIpc) is 2.69. The van der Waals surface area contributed by atoms with Gasteiger partial charge in [0, 0.05) is 5.69 Å². The third-order valence-corrected chi connectivity index (χ3v) is 4.00. The van der Waals surface area contributed by atoms with Crippen LogP contribution in [0.25, 0.3) is 0 Å². The molecular weight excluding hydrogens is 354 g/mol. The number of urea groups is 1. The highest BCUT2D eigenvalue weighted by Crippen LogP contribution is 2.26. The molecule has 0 heterocycles. The SMILES string of the molecule is NC(=O)N[C@H](CC(=O)Nc1ccccc1)c1cccc(Oc2ccccc2)c1. The molecule has 0 fully saturated rings. The van der Waals surface area contributed by atoms with E-state index in [1.807, 2.05) is 60.7 Å². The molecule has 0 saturated carbocycles. The minimum Gasteiger partial charge on any atom is -0.457 e. The van der Waals surface area contributed by atoms with Gasteiger partial charge in [0.15, 0.2) is 0 Å². The molecule has 0 aliphatic carbocycles. The van der Waals surface area contributed by atoms with Crippen LogP contribution in [0.3, 0.4) is 0 Å². The lowest BCUT2D eigenvalue weighted by Crippen LogP contribution is -2.35. The maximum Gasteiger partial charge on any atom is 0.312 e. The highest BCUT2D eigenvalue weighted by molar-refractivity contribution is 5.91. The molecule has 0 bridgehead atoms. The van der Waals surface area contributed by atoms with Gasteiger partial charge in [0.1, 0.15) is 11.5 Å².